The Labute approximate surface area is 140 Å². The molecule has 0 saturated heterocycles. The number of carboxylic acids is 1. The molecule has 2 aromatic carbocycles. The molecule has 120 valence electrons. The van der Waals surface area contributed by atoms with Crippen LogP contribution in [0.25, 0.3) is 21.9 Å². The Balaban J connectivity index is 2.25. The summed E-state index contributed by atoms with van der Waals surface area (Å²) in [5.41, 5.74) is 2.93. The number of carbonyl (C=O) groups is 1. The highest BCUT2D eigenvalue weighted by molar-refractivity contribution is 6.03. The quantitative estimate of drug-likeness (QED) is 0.680. The SMILES string of the molecule is C=CCNc1nc(C)c(-c2cccc(C(=O)O)c2)c2ccccc12. The summed E-state index contributed by atoms with van der Waals surface area (Å²) in [7, 11) is 0. The van der Waals surface area contributed by atoms with Crippen molar-refractivity contribution >= 4 is 22.6 Å². The maximum Gasteiger partial charge on any atom is 0.335 e. The molecule has 0 aliphatic rings. The van der Waals surface area contributed by atoms with E-state index in [1.807, 2.05) is 37.3 Å². The summed E-state index contributed by atoms with van der Waals surface area (Å²) in [5, 5.41) is 14.5. The monoisotopic (exact) mass is 318 g/mol. The molecule has 3 rings (SSSR count). The van der Waals surface area contributed by atoms with Crippen LogP contribution in [-0.2, 0) is 0 Å². The molecule has 0 amide bonds. The van der Waals surface area contributed by atoms with Crippen molar-refractivity contribution in [2.24, 2.45) is 0 Å². The zero-order chi connectivity index (χ0) is 17.1. The smallest absolute Gasteiger partial charge is 0.335 e. The number of aromatic carboxylic acids is 1. The third-order valence-electron chi connectivity index (χ3n) is 3.90. The van der Waals surface area contributed by atoms with Gasteiger partial charge in [0.15, 0.2) is 0 Å². The Bertz CT molecular complexity index is 932. The van der Waals surface area contributed by atoms with E-state index in [2.05, 4.69) is 16.9 Å². The van der Waals surface area contributed by atoms with Crippen molar-refractivity contribution in [3.63, 3.8) is 0 Å². The van der Waals surface area contributed by atoms with E-state index in [9.17, 15) is 9.90 Å². The Kier molecular flexibility index (Phi) is 4.29. The van der Waals surface area contributed by atoms with Crippen LogP contribution in [0.2, 0.25) is 0 Å². The van der Waals surface area contributed by atoms with Crippen molar-refractivity contribution in [1.82, 2.24) is 4.98 Å². The Morgan fingerprint density at radius 3 is 2.67 bits per heavy atom. The van der Waals surface area contributed by atoms with Crippen LogP contribution < -0.4 is 5.32 Å². The fraction of sp³-hybridized carbons (Fsp3) is 0.100. The number of pyridine rings is 1. The number of aryl methyl sites for hydroxylation is 1. The van der Waals surface area contributed by atoms with Gasteiger partial charge in [0.1, 0.15) is 5.82 Å². The van der Waals surface area contributed by atoms with E-state index in [0.29, 0.717) is 6.54 Å². The highest BCUT2D eigenvalue weighted by atomic mass is 16.4. The number of nitrogens with one attached hydrogen (secondary N) is 1. The number of rotatable bonds is 5. The fourth-order valence-electron chi connectivity index (χ4n) is 2.86. The van der Waals surface area contributed by atoms with E-state index in [4.69, 9.17) is 0 Å². The van der Waals surface area contributed by atoms with Gasteiger partial charge >= 0.3 is 5.97 Å². The summed E-state index contributed by atoms with van der Waals surface area (Å²) in [6, 6.07) is 15.0. The maximum atomic E-state index is 11.3. The number of hydrogen-bond acceptors (Lipinski definition) is 3. The van der Waals surface area contributed by atoms with E-state index < -0.39 is 5.97 Å². The van der Waals surface area contributed by atoms with E-state index >= 15 is 0 Å². The first kappa shape index (κ1) is 15.7. The molecule has 4 nitrogen and oxygen atoms in total. The van der Waals surface area contributed by atoms with Crippen molar-refractivity contribution in [3.05, 3.63) is 72.4 Å². The van der Waals surface area contributed by atoms with Gasteiger partial charge in [-0.3, -0.25) is 0 Å². The first-order valence-electron chi connectivity index (χ1n) is 7.69. The second-order valence-corrected chi connectivity index (χ2v) is 5.52. The number of fused-ring (bicyclic) bond motifs is 1. The average molecular weight is 318 g/mol. The lowest BCUT2D eigenvalue weighted by Gasteiger charge is -2.15. The third-order valence-corrected chi connectivity index (χ3v) is 3.90. The van der Waals surface area contributed by atoms with Crippen LogP contribution in [-0.4, -0.2) is 22.6 Å². The number of aromatic nitrogens is 1. The third kappa shape index (κ3) is 2.86. The van der Waals surface area contributed by atoms with Gasteiger partial charge in [0.05, 0.1) is 5.56 Å². The number of nitrogens with zero attached hydrogens (tertiary/aromatic N) is 1. The van der Waals surface area contributed by atoms with Gasteiger partial charge in [-0.2, -0.15) is 0 Å². The molecule has 1 aromatic heterocycles. The molecule has 0 spiro atoms. The summed E-state index contributed by atoms with van der Waals surface area (Å²) in [6.45, 7) is 6.29. The molecule has 2 N–H and O–H groups in total. The standard InChI is InChI=1S/C20H18N2O2/c1-3-11-21-19-17-10-5-4-9-16(17)18(13(2)22-19)14-7-6-8-15(12-14)20(23)24/h3-10,12H,1,11H2,2H3,(H,21,22)(H,23,24). The Morgan fingerprint density at radius 2 is 1.96 bits per heavy atom. The predicted octanol–water partition coefficient (Wildman–Crippen LogP) is 4.51. The minimum Gasteiger partial charge on any atom is -0.478 e. The average Bonchev–Trinajstić information content (AvgIpc) is 2.59. The molecular formula is C20H18N2O2. The van der Waals surface area contributed by atoms with Crippen molar-refractivity contribution in [3.8, 4) is 11.1 Å². The lowest BCUT2D eigenvalue weighted by Crippen LogP contribution is -2.04. The summed E-state index contributed by atoms with van der Waals surface area (Å²) in [6.07, 6.45) is 1.79. The molecule has 0 radical (unpaired) electrons. The minimum atomic E-state index is -0.934. The lowest BCUT2D eigenvalue weighted by molar-refractivity contribution is 0.0697. The predicted molar refractivity (Wildman–Crippen MR) is 97.6 cm³/mol. The van der Waals surface area contributed by atoms with Crippen molar-refractivity contribution in [2.75, 3.05) is 11.9 Å². The van der Waals surface area contributed by atoms with Gasteiger partial charge in [0, 0.05) is 23.2 Å². The molecule has 0 aliphatic carbocycles. The van der Waals surface area contributed by atoms with Gasteiger partial charge in [0.25, 0.3) is 0 Å². The highest BCUT2D eigenvalue weighted by Crippen LogP contribution is 2.34. The number of anilines is 1. The van der Waals surface area contributed by atoms with Crippen LogP contribution in [0.15, 0.2) is 61.2 Å². The molecule has 1 heterocycles. The molecule has 24 heavy (non-hydrogen) atoms. The molecule has 0 unspecified atom stereocenters. The van der Waals surface area contributed by atoms with Crippen LogP contribution in [0, 0.1) is 6.92 Å². The second kappa shape index (κ2) is 6.54. The van der Waals surface area contributed by atoms with Crippen LogP contribution in [0.5, 0.6) is 0 Å². The summed E-state index contributed by atoms with van der Waals surface area (Å²) >= 11 is 0. The molecular weight excluding hydrogens is 300 g/mol. The normalized spacial score (nSPS) is 10.5. The summed E-state index contributed by atoms with van der Waals surface area (Å²) < 4.78 is 0. The largest absolute Gasteiger partial charge is 0.478 e. The van der Waals surface area contributed by atoms with Crippen molar-refractivity contribution in [2.45, 2.75) is 6.92 Å². The van der Waals surface area contributed by atoms with Gasteiger partial charge in [-0.25, -0.2) is 9.78 Å². The second-order valence-electron chi connectivity index (χ2n) is 5.52. The fourth-order valence-corrected chi connectivity index (χ4v) is 2.86. The summed E-state index contributed by atoms with van der Waals surface area (Å²) in [5.74, 6) is -0.128. The summed E-state index contributed by atoms with van der Waals surface area (Å²) in [4.78, 5) is 16.0. The van der Waals surface area contributed by atoms with Gasteiger partial charge in [0.2, 0.25) is 0 Å². The molecule has 3 aromatic rings. The topological polar surface area (TPSA) is 62.2 Å². The van der Waals surface area contributed by atoms with Gasteiger partial charge in [-0.05, 0) is 30.0 Å². The Hall–Kier alpha value is -3.14. The van der Waals surface area contributed by atoms with Gasteiger partial charge in [-0.1, -0.05) is 42.5 Å². The van der Waals surface area contributed by atoms with Gasteiger partial charge in [-0.15, -0.1) is 6.58 Å². The van der Waals surface area contributed by atoms with Crippen LogP contribution in [0.3, 0.4) is 0 Å². The van der Waals surface area contributed by atoms with Crippen LogP contribution in [0.1, 0.15) is 16.1 Å². The zero-order valence-electron chi connectivity index (χ0n) is 13.4. The molecule has 4 heteroatoms. The molecule has 0 bridgehead atoms. The lowest BCUT2D eigenvalue weighted by atomic mass is 9.96. The van der Waals surface area contributed by atoms with Gasteiger partial charge < -0.3 is 10.4 Å². The van der Waals surface area contributed by atoms with Crippen molar-refractivity contribution in [1.29, 1.82) is 0 Å². The number of hydrogen-bond donors (Lipinski definition) is 2. The van der Waals surface area contributed by atoms with E-state index in [0.717, 1.165) is 33.4 Å². The van der Waals surface area contributed by atoms with E-state index in [1.165, 1.54) is 0 Å². The molecule has 0 fully saturated rings. The minimum absolute atomic E-state index is 0.268. The number of benzene rings is 2. The highest BCUT2D eigenvalue weighted by Gasteiger charge is 2.14. The number of carboxylic acid groups (broad SMARTS) is 1. The van der Waals surface area contributed by atoms with E-state index in [-0.39, 0.29) is 5.56 Å². The first-order valence-corrected chi connectivity index (χ1v) is 7.69. The van der Waals surface area contributed by atoms with E-state index in [1.54, 1.807) is 24.3 Å². The first-order chi connectivity index (χ1) is 11.6. The van der Waals surface area contributed by atoms with Crippen molar-refractivity contribution < 1.29 is 9.90 Å². The van der Waals surface area contributed by atoms with Crippen LogP contribution >= 0.6 is 0 Å². The Morgan fingerprint density at radius 1 is 1.21 bits per heavy atom. The maximum absolute atomic E-state index is 11.3. The molecule has 0 aliphatic heterocycles. The molecule has 0 saturated carbocycles. The zero-order valence-corrected chi connectivity index (χ0v) is 13.4. The van der Waals surface area contributed by atoms with Crippen LogP contribution in [0.4, 0.5) is 5.82 Å². The molecule has 0 atom stereocenters.